The van der Waals surface area contributed by atoms with Crippen LogP contribution in [0.25, 0.3) is 0 Å². The van der Waals surface area contributed by atoms with Crippen LogP contribution in [0.5, 0.6) is 0 Å². The van der Waals surface area contributed by atoms with Crippen molar-refractivity contribution in [3.05, 3.63) is 0 Å². The largest absolute Gasteiger partial charge is 0.266 e. The molecule has 1 N–H and O–H groups in total. The minimum Gasteiger partial charge on any atom is -0.266 e. The summed E-state index contributed by atoms with van der Waals surface area (Å²) < 4.78 is 30.3. The smallest absolute Gasteiger partial charge is 0.213 e. The van der Waals surface area contributed by atoms with Crippen molar-refractivity contribution >= 4 is 18.6 Å². The molecule has 1 aliphatic rings. The third-order valence-corrected chi connectivity index (χ3v) is 7.20. The second kappa shape index (κ2) is 3.87. The van der Waals surface area contributed by atoms with Crippen molar-refractivity contribution < 1.29 is 8.42 Å². The number of hydrogen-bond acceptors (Lipinski definition) is 3. The molecule has 0 aromatic rings. The van der Waals surface area contributed by atoms with E-state index < -0.39 is 18.6 Å². The minimum absolute atomic E-state index is 0.211. The zero-order chi connectivity index (χ0) is 9.19. The first kappa shape index (κ1) is 10.2. The first-order valence-corrected chi connectivity index (χ1v) is 7.86. The van der Waals surface area contributed by atoms with Gasteiger partial charge in [0, 0.05) is 16.0 Å². The highest BCUT2D eigenvalue weighted by atomic mass is 33.2. The summed E-state index contributed by atoms with van der Waals surface area (Å²) in [6, 6.07) is 0. The first-order chi connectivity index (χ1) is 5.55. The quantitative estimate of drug-likeness (QED) is 0.703. The molecule has 0 aromatic heterocycles. The van der Waals surface area contributed by atoms with Crippen LogP contribution in [0.2, 0.25) is 0 Å². The van der Waals surface area contributed by atoms with E-state index >= 15 is 0 Å². The van der Waals surface area contributed by atoms with Crippen molar-refractivity contribution in [3.63, 3.8) is 0 Å². The minimum atomic E-state index is -3.11. The molecule has 3 nitrogen and oxygen atoms in total. The maximum Gasteiger partial charge on any atom is 0.213 e. The molecule has 1 saturated carbocycles. The molecule has 0 bridgehead atoms. The molecule has 0 radical (unpaired) electrons. The lowest BCUT2D eigenvalue weighted by Gasteiger charge is -2.20. The predicted molar refractivity (Wildman–Crippen MR) is 51.8 cm³/mol. The van der Waals surface area contributed by atoms with Gasteiger partial charge in [-0.1, -0.05) is 19.3 Å². The number of rotatable bonds is 2. The highest BCUT2D eigenvalue weighted by molar-refractivity contribution is 8.64. The lowest BCUT2D eigenvalue weighted by molar-refractivity contribution is 0.490. The summed E-state index contributed by atoms with van der Waals surface area (Å²) in [5, 5.41) is -0.211. The second-order valence-electron chi connectivity index (χ2n) is 3.21. The van der Waals surface area contributed by atoms with E-state index in [2.05, 4.69) is 0 Å². The van der Waals surface area contributed by atoms with E-state index in [0.29, 0.717) is 0 Å². The van der Waals surface area contributed by atoms with Gasteiger partial charge in [0.1, 0.15) is 0 Å². The van der Waals surface area contributed by atoms with Crippen LogP contribution in [0.4, 0.5) is 0 Å². The molecule has 0 amide bonds. The van der Waals surface area contributed by atoms with Crippen LogP contribution in [0.15, 0.2) is 0 Å². The average Bonchev–Trinajstić information content (AvgIpc) is 2.06. The van der Waals surface area contributed by atoms with Gasteiger partial charge in [-0.3, -0.25) is 4.78 Å². The molecule has 1 rings (SSSR count). The summed E-state index contributed by atoms with van der Waals surface area (Å²) in [6.45, 7) is 0. The van der Waals surface area contributed by atoms with E-state index in [9.17, 15) is 8.42 Å². The van der Waals surface area contributed by atoms with E-state index in [1.807, 2.05) is 0 Å². The molecule has 72 valence electrons. The van der Waals surface area contributed by atoms with Crippen LogP contribution >= 0.6 is 0 Å². The van der Waals surface area contributed by atoms with Crippen LogP contribution < -0.4 is 0 Å². The van der Waals surface area contributed by atoms with Crippen molar-refractivity contribution in [2.75, 3.05) is 6.26 Å². The Morgan fingerprint density at radius 3 is 2.17 bits per heavy atom. The van der Waals surface area contributed by atoms with Crippen LogP contribution in [0, 0.1) is 4.78 Å². The van der Waals surface area contributed by atoms with Gasteiger partial charge < -0.3 is 0 Å². The van der Waals surface area contributed by atoms with Crippen LogP contribution in [-0.4, -0.2) is 19.9 Å². The summed E-state index contributed by atoms with van der Waals surface area (Å²) in [5.74, 6) is 0. The molecule has 0 spiro atoms. The highest BCUT2D eigenvalue weighted by Crippen LogP contribution is 2.25. The summed E-state index contributed by atoms with van der Waals surface area (Å²) in [5.41, 5.74) is 0. The third-order valence-electron chi connectivity index (χ3n) is 2.31. The molecule has 5 heteroatoms. The van der Waals surface area contributed by atoms with Gasteiger partial charge in [-0.05, 0) is 12.8 Å². The van der Waals surface area contributed by atoms with Gasteiger partial charge in [0.2, 0.25) is 8.87 Å². The van der Waals surface area contributed by atoms with Crippen LogP contribution in [0.3, 0.4) is 0 Å². The van der Waals surface area contributed by atoms with Crippen molar-refractivity contribution in [2.45, 2.75) is 37.4 Å². The van der Waals surface area contributed by atoms with Gasteiger partial charge in [-0.15, -0.1) is 0 Å². The second-order valence-corrected chi connectivity index (χ2v) is 8.66. The van der Waals surface area contributed by atoms with Crippen LogP contribution in [0.1, 0.15) is 32.1 Å². The predicted octanol–water partition coefficient (Wildman–Crippen LogP) is 1.66. The monoisotopic (exact) mass is 209 g/mol. The molecule has 0 aromatic carbocycles. The average molecular weight is 209 g/mol. The van der Waals surface area contributed by atoms with Crippen molar-refractivity contribution in [1.82, 2.24) is 0 Å². The fourth-order valence-corrected chi connectivity index (χ4v) is 4.68. The molecule has 1 atom stereocenters. The maximum absolute atomic E-state index is 11.5. The summed E-state index contributed by atoms with van der Waals surface area (Å²) >= 11 is 0. The summed E-state index contributed by atoms with van der Waals surface area (Å²) in [4.78, 5) is 0. The van der Waals surface area contributed by atoms with Gasteiger partial charge in [0.15, 0.2) is 0 Å². The van der Waals surface area contributed by atoms with Crippen molar-refractivity contribution in [2.24, 2.45) is 0 Å². The zero-order valence-electron chi connectivity index (χ0n) is 7.25. The topological polar surface area (TPSA) is 58.0 Å². The fourth-order valence-electron chi connectivity index (χ4n) is 1.56. The van der Waals surface area contributed by atoms with Gasteiger partial charge in [0.05, 0.1) is 5.25 Å². The molecule has 0 aliphatic heterocycles. The Kier molecular flexibility index (Phi) is 3.29. The molecule has 0 saturated heterocycles. The Morgan fingerprint density at radius 2 is 1.75 bits per heavy atom. The van der Waals surface area contributed by atoms with E-state index in [0.717, 1.165) is 32.1 Å². The number of hydrogen-bond donors (Lipinski definition) is 1. The van der Waals surface area contributed by atoms with E-state index in [1.54, 1.807) is 0 Å². The number of nitrogens with one attached hydrogen (secondary N) is 1. The van der Waals surface area contributed by atoms with Gasteiger partial charge >= 0.3 is 0 Å². The molecule has 1 unspecified atom stereocenters. The SMILES string of the molecule is CS(=N)S(=O)(=O)C1CCCCC1. The lowest BCUT2D eigenvalue weighted by Crippen LogP contribution is -2.26. The van der Waals surface area contributed by atoms with Gasteiger partial charge in [0.25, 0.3) is 0 Å². The summed E-state index contributed by atoms with van der Waals surface area (Å²) in [6.07, 6.45) is 6.21. The highest BCUT2D eigenvalue weighted by Gasteiger charge is 2.28. The Bertz CT molecular complexity index is 265. The molecule has 0 heterocycles. The van der Waals surface area contributed by atoms with Crippen molar-refractivity contribution in [1.29, 1.82) is 4.78 Å². The fraction of sp³-hybridized carbons (Fsp3) is 1.00. The summed E-state index contributed by atoms with van der Waals surface area (Å²) in [7, 11) is -4.31. The van der Waals surface area contributed by atoms with E-state index in [4.69, 9.17) is 4.78 Å². The van der Waals surface area contributed by atoms with Crippen molar-refractivity contribution in [3.8, 4) is 0 Å². The molecule has 1 aliphatic carbocycles. The lowest BCUT2D eigenvalue weighted by atomic mass is 10.0. The zero-order valence-corrected chi connectivity index (χ0v) is 8.88. The Balaban J connectivity index is 2.74. The Morgan fingerprint density at radius 1 is 1.25 bits per heavy atom. The van der Waals surface area contributed by atoms with Gasteiger partial charge in [-0.2, -0.15) is 0 Å². The van der Waals surface area contributed by atoms with Crippen LogP contribution in [-0.2, 0) is 18.6 Å². The molecular formula is C7H15NO2S2. The van der Waals surface area contributed by atoms with E-state index in [1.165, 1.54) is 6.26 Å². The van der Waals surface area contributed by atoms with E-state index in [-0.39, 0.29) is 5.25 Å². The molecule has 1 fully saturated rings. The standard InChI is InChI=1S/C7H15NO2S2/c1-11(8)12(9,10)7-5-3-2-4-6-7/h7-8H,2-6H2,1H3. The molecular weight excluding hydrogens is 194 g/mol. The Hall–Kier alpha value is 0.1000. The maximum atomic E-state index is 11.5. The normalized spacial score (nSPS) is 23.8. The first-order valence-electron chi connectivity index (χ1n) is 4.16. The third kappa shape index (κ3) is 2.07. The van der Waals surface area contributed by atoms with Gasteiger partial charge in [-0.25, -0.2) is 8.42 Å². The molecule has 12 heavy (non-hydrogen) atoms. The Labute approximate surface area is 75.8 Å².